The van der Waals surface area contributed by atoms with Gasteiger partial charge in [0.15, 0.2) is 10.6 Å². The van der Waals surface area contributed by atoms with Crippen molar-refractivity contribution in [1.82, 2.24) is 30.2 Å². The van der Waals surface area contributed by atoms with Crippen LogP contribution < -0.4 is 0 Å². The summed E-state index contributed by atoms with van der Waals surface area (Å²) in [6.45, 7) is 1.92. The number of benzene rings is 2. The second-order valence-electron chi connectivity index (χ2n) is 5.55. The van der Waals surface area contributed by atoms with Gasteiger partial charge in [-0.3, -0.25) is 14.8 Å². The zero-order chi connectivity index (χ0) is 17.6. The Kier molecular flexibility index (Phi) is 3.50. The molecule has 0 aliphatic carbocycles. The normalized spacial score (nSPS) is 11.2. The maximum absolute atomic E-state index is 10.3. The van der Waals surface area contributed by atoms with Crippen LogP contribution in [0.5, 0.6) is 11.5 Å². The van der Waals surface area contributed by atoms with Gasteiger partial charge >= 0.3 is 0 Å². The molecular formula is C16H14N6O2S. The Hall–Kier alpha value is -3.20. The van der Waals surface area contributed by atoms with Crippen LogP contribution >= 0.6 is 12.2 Å². The van der Waals surface area contributed by atoms with E-state index >= 15 is 0 Å². The van der Waals surface area contributed by atoms with Crippen LogP contribution in [0.4, 0.5) is 0 Å². The summed E-state index contributed by atoms with van der Waals surface area (Å²) in [7, 11) is 0. The SMILES string of the molecule is CCc1cc(-c2n[nH]c(=S)n2-c2ccc3nn[nH]c3c2)c(O)cc1O. The Morgan fingerprint density at radius 2 is 1.96 bits per heavy atom. The van der Waals surface area contributed by atoms with Crippen LogP contribution in [0, 0.1) is 4.77 Å². The van der Waals surface area contributed by atoms with Gasteiger partial charge in [0, 0.05) is 6.07 Å². The lowest BCUT2D eigenvalue weighted by Gasteiger charge is -2.11. The lowest BCUT2D eigenvalue weighted by Crippen LogP contribution is -1.99. The van der Waals surface area contributed by atoms with Crippen LogP contribution in [0.1, 0.15) is 12.5 Å². The van der Waals surface area contributed by atoms with Gasteiger partial charge in [0.1, 0.15) is 17.0 Å². The zero-order valence-electron chi connectivity index (χ0n) is 13.2. The summed E-state index contributed by atoms with van der Waals surface area (Å²) in [6.07, 6.45) is 0.621. The quantitative estimate of drug-likeness (QED) is 0.421. The van der Waals surface area contributed by atoms with E-state index in [1.165, 1.54) is 6.07 Å². The third-order valence-electron chi connectivity index (χ3n) is 4.06. The first-order valence-electron chi connectivity index (χ1n) is 7.62. The second-order valence-corrected chi connectivity index (χ2v) is 5.94. The number of fused-ring (bicyclic) bond motifs is 1. The standard InChI is InChI=1S/C16H14N6O2S/c1-2-8-5-10(14(24)7-13(8)23)15-19-20-16(25)22(15)9-3-4-11-12(6-9)18-21-17-11/h3-7,23-24H,2H2,1H3,(H,20,25)(H,17,18,21). The van der Waals surface area contributed by atoms with E-state index in [-0.39, 0.29) is 11.5 Å². The van der Waals surface area contributed by atoms with Gasteiger partial charge in [0.05, 0.1) is 16.8 Å². The second kappa shape index (κ2) is 5.71. The molecule has 0 aliphatic rings. The minimum absolute atomic E-state index is 0.0504. The number of aromatic amines is 2. The maximum atomic E-state index is 10.3. The highest BCUT2D eigenvalue weighted by atomic mass is 32.1. The molecule has 25 heavy (non-hydrogen) atoms. The molecule has 0 radical (unpaired) electrons. The first kappa shape index (κ1) is 15.3. The van der Waals surface area contributed by atoms with Crippen molar-refractivity contribution in [3.63, 3.8) is 0 Å². The number of nitrogens with zero attached hydrogens (tertiary/aromatic N) is 4. The van der Waals surface area contributed by atoms with Crippen molar-refractivity contribution < 1.29 is 10.2 Å². The largest absolute Gasteiger partial charge is 0.508 e. The molecule has 0 atom stereocenters. The Bertz CT molecular complexity index is 1140. The van der Waals surface area contributed by atoms with Gasteiger partial charge in [-0.1, -0.05) is 12.1 Å². The van der Waals surface area contributed by atoms with Gasteiger partial charge in [-0.2, -0.15) is 5.10 Å². The molecule has 4 rings (SSSR count). The van der Waals surface area contributed by atoms with Crippen molar-refractivity contribution in [2.75, 3.05) is 0 Å². The summed E-state index contributed by atoms with van der Waals surface area (Å²) in [5.41, 5.74) is 3.43. The highest BCUT2D eigenvalue weighted by Crippen LogP contribution is 2.35. The fourth-order valence-corrected chi connectivity index (χ4v) is 3.01. The van der Waals surface area contributed by atoms with E-state index in [1.807, 2.05) is 25.1 Å². The molecule has 2 aromatic heterocycles. The zero-order valence-corrected chi connectivity index (χ0v) is 14.0. The van der Waals surface area contributed by atoms with Crippen LogP contribution in [0.2, 0.25) is 0 Å². The average molecular weight is 354 g/mol. The number of nitrogens with one attached hydrogen (secondary N) is 2. The molecule has 2 heterocycles. The molecule has 0 bridgehead atoms. The predicted molar refractivity (Wildman–Crippen MR) is 94.3 cm³/mol. The van der Waals surface area contributed by atoms with E-state index < -0.39 is 0 Å². The molecule has 0 aliphatic heterocycles. The molecule has 0 amide bonds. The fourth-order valence-electron chi connectivity index (χ4n) is 2.77. The number of hydrogen-bond donors (Lipinski definition) is 4. The van der Waals surface area contributed by atoms with E-state index in [0.717, 1.165) is 16.7 Å². The average Bonchev–Trinajstić information content (AvgIpc) is 3.20. The number of rotatable bonds is 3. The van der Waals surface area contributed by atoms with E-state index in [1.54, 1.807) is 10.6 Å². The molecular weight excluding hydrogens is 340 g/mol. The Labute approximate surface area is 146 Å². The van der Waals surface area contributed by atoms with Crippen LogP contribution in [-0.4, -0.2) is 40.4 Å². The molecule has 126 valence electrons. The van der Waals surface area contributed by atoms with Gasteiger partial charge < -0.3 is 10.2 Å². The van der Waals surface area contributed by atoms with Gasteiger partial charge in [-0.15, -0.1) is 5.10 Å². The molecule has 9 heteroatoms. The summed E-state index contributed by atoms with van der Waals surface area (Å²) in [6, 6.07) is 8.54. The monoisotopic (exact) mass is 354 g/mol. The van der Waals surface area contributed by atoms with Crippen LogP contribution in [0.25, 0.3) is 28.1 Å². The number of H-pyrrole nitrogens is 2. The minimum atomic E-state index is -0.0748. The van der Waals surface area contributed by atoms with Crippen molar-refractivity contribution in [3.05, 3.63) is 40.7 Å². The van der Waals surface area contributed by atoms with Crippen molar-refractivity contribution in [1.29, 1.82) is 0 Å². The van der Waals surface area contributed by atoms with E-state index in [4.69, 9.17) is 12.2 Å². The first-order chi connectivity index (χ1) is 12.1. The smallest absolute Gasteiger partial charge is 0.200 e. The molecule has 2 aromatic carbocycles. The van der Waals surface area contributed by atoms with Crippen molar-refractivity contribution in [2.45, 2.75) is 13.3 Å². The summed E-state index contributed by atoms with van der Waals surface area (Å²) >= 11 is 5.36. The Balaban J connectivity index is 1.95. The topological polar surface area (TPSA) is 116 Å². The molecule has 0 spiro atoms. The number of hydrogen-bond acceptors (Lipinski definition) is 6. The van der Waals surface area contributed by atoms with E-state index in [0.29, 0.717) is 28.1 Å². The number of phenolic OH excluding ortho intramolecular Hbond substituents is 2. The van der Waals surface area contributed by atoms with Gasteiger partial charge in [0.25, 0.3) is 0 Å². The fraction of sp³-hybridized carbons (Fsp3) is 0.125. The lowest BCUT2D eigenvalue weighted by atomic mass is 10.1. The third kappa shape index (κ3) is 2.45. The van der Waals surface area contributed by atoms with Crippen molar-refractivity contribution in [3.8, 4) is 28.6 Å². The maximum Gasteiger partial charge on any atom is 0.200 e. The summed E-state index contributed by atoms with van der Waals surface area (Å²) in [4.78, 5) is 0. The molecule has 8 nitrogen and oxygen atoms in total. The molecule has 0 fully saturated rings. The third-order valence-corrected chi connectivity index (χ3v) is 4.33. The molecule has 0 saturated heterocycles. The lowest BCUT2D eigenvalue weighted by molar-refractivity contribution is 0.447. The van der Waals surface area contributed by atoms with Crippen LogP contribution in [0.3, 0.4) is 0 Å². The van der Waals surface area contributed by atoms with Gasteiger partial charge in [0.2, 0.25) is 0 Å². The number of aryl methyl sites for hydroxylation is 1. The minimum Gasteiger partial charge on any atom is -0.508 e. The number of aromatic nitrogens is 6. The van der Waals surface area contributed by atoms with Crippen molar-refractivity contribution >= 4 is 23.3 Å². The van der Waals surface area contributed by atoms with E-state index in [9.17, 15) is 10.2 Å². The highest BCUT2D eigenvalue weighted by Gasteiger charge is 2.17. The Morgan fingerprint density at radius 3 is 2.76 bits per heavy atom. The highest BCUT2D eigenvalue weighted by molar-refractivity contribution is 7.71. The molecule has 0 saturated carbocycles. The number of phenols is 2. The first-order valence-corrected chi connectivity index (χ1v) is 8.03. The van der Waals surface area contributed by atoms with Crippen LogP contribution in [0.15, 0.2) is 30.3 Å². The van der Waals surface area contributed by atoms with Gasteiger partial charge in [-0.25, -0.2) is 0 Å². The number of aromatic hydroxyl groups is 2. The molecule has 4 N–H and O–H groups in total. The van der Waals surface area contributed by atoms with Crippen molar-refractivity contribution in [2.24, 2.45) is 0 Å². The van der Waals surface area contributed by atoms with E-state index in [2.05, 4.69) is 25.6 Å². The summed E-state index contributed by atoms with van der Waals surface area (Å²) in [5.74, 6) is 0.424. The van der Waals surface area contributed by atoms with Crippen LogP contribution in [-0.2, 0) is 6.42 Å². The summed E-state index contributed by atoms with van der Waals surface area (Å²) in [5, 5.41) is 37.8. The summed E-state index contributed by atoms with van der Waals surface area (Å²) < 4.78 is 2.09. The molecule has 4 aromatic rings. The Morgan fingerprint density at radius 1 is 1.12 bits per heavy atom. The predicted octanol–water partition coefficient (Wildman–Crippen LogP) is 2.84. The van der Waals surface area contributed by atoms with Gasteiger partial charge in [-0.05, 0) is 48.5 Å². The molecule has 0 unspecified atom stereocenters.